The number of hydrogen-bond donors (Lipinski definition) is 2. The predicted octanol–water partition coefficient (Wildman–Crippen LogP) is 3.06. The van der Waals surface area contributed by atoms with Crippen LogP contribution < -0.4 is 5.32 Å². The van der Waals surface area contributed by atoms with Crippen molar-refractivity contribution in [3.63, 3.8) is 0 Å². The summed E-state index contributed by atoms with van der Waals surface area (Å²) in [6.07, 6.45) is 2.78. The molecule has 122 valence electrons. The largest absolute Gasteiger partial charge is 0.323 e. The van der Waals surface area contributed by atoms with Crippen LogP contribution in [-0.4, -0.2) is 41.1 Å². The average molecular weight is 312 g/mol. The van der Waals surface area contributed by atoms with Gasteiger partial charge < -0.3 is 10.2 Å². The zero-order valence-corrected chi connectivity index (χ0v) is 13.8. The number of aryl methyl sites for hydroxylation is 1. The van der Waals surface area contributed by atoms with Crippen molar-refractivity contribution >= 4 is 11.6 Å². The molecule has 5 nitrogen and oxygen atoms in total. The highest BCUT2D eigenvalue weighted by Gasteiger charge is 2.21. The van der Waals surface area contributed by atoms with Gasteiger partial charge in [-0.1, -0.05) is 30.3 Å². The van der Waals surface area contributed by atoms with E-state index in [1.165, 1.54) is 0 Å². The van der Waals surface area contributed by atoms with Gasteiger partial charge in [0.1, 0.15) is 5.69 Å². The monoisotopic (exact) mass is 312 g/mol. The predicted molar refractivity (Wildman–Crippen MR) is 92.2 cm³/mol. The third-order valence-electron chi connectivity index (χ3n) is 4.57. The maximum atomic E-state index is 12.4. The number of amides is 1. The molecule has 0 bridgehead atoms. The van der Waals surface area contributed by atoms with Gasteiger partial charge in [-0.3, -0.25) is 9.89 Å². The van der Waals surface area contributed by atoms with Crippen LogP contribution >= 0.6 is 0 Å². The van der Waals surface area contributed by atoms with E-state index in [9.17, 15) is 4.79 Å². The standard InChI is InChI=1S/C18H24N4O/c1-13-17(18(21-20-13)15-6-4-3-5-7-15)19-16(23)12-14-8-10-22(2)11-9-14/h3-7,14H,8-12H2,1-2H3,(H,19,23)(H,20,21). The molecule has 1 aliphatic heterocycles. The van der Waals surface area contributed by atoms with Crippen LogP contribution in [0.2, 0.25) is 0 Å². The molecule has 5 heteroatoms. The maximum Gasteiger partial charge on any atom is 0.224 e. The topological polar surface area (TPSA) is 61.0 Å². The van der Waals surface area contributed by atoms with Crippen molar-refractivity contribution in [1.82, 2.24) is 15.1 Å². The second-order valence-electron chi connectivity index (χ2n) is 6.44. The molecule has 0 aliphatic carbocycles. The molecular weight excluding hydrogens is 288 g/mol. The smallest absolute Gasteiger partial charge is 0.224 e. The highest BCUT2D eigenvalue weighted by molar-refractivity contribution is 5.95. The number of piperidine rings is 1. The summed E-state index contributed by atoms with van der Waals surface area (Å²) in [4.78, 5) is 14.8. The van der Waals surface area contributed by atoms with Crippen LogP contribution in [0.15, 0.2) is 30.3 Å². The fourth-order valence-corrected chi connectivity index (χ4v) is 3.11. The van der Waals surface area contributed by atoms with Crippen LogP contribution in [0.25, 0.3) is 11.3 Å². The van der Waals surface area contributed by atoms with E-state index in [1.807, 2.05) is 37.3 Å². The molecule has 0 radical (unpaired) electrons. The molecule has 1 aromatic heterocycles. The third-order valence-corrected chi connectivity index (χ3v) is 4.57. The number of nitrogens with zero attached hydrogens (tertiary/aromatic N) is 2. The quantitative estimate of drug-likeness (QED) is 0.912. The lowest BCUT2D eigenvalue weighted by molar-refractivity contribution is -0.117. The first kappa shape index (κ1) is 15.7. The summed E-state index contributed by atoms with van der Waals surface area (Å²) in [6.45, 7) is 4.10. The first-order valence-corrected chi connectivity index (χ1v) is 8.22. The van der Waals surface area contributed by atoms with Crippen LogP contribution in [0.4, 0.5) is 5.69 Å². The fourth-order valence-electron chi connectivity index (χ4n) is 3.11. The molecule has 3 rings (SSSR count). The zero-order chi connectivity index (χ0) is 16.2. The van der Waals surface area contributed by atoms with E-state index in [1.54, 1.807) is 0 Å². The highest BCUT2D eigenvalue weighted by atomic mass is 16.1. The Balaban J connectivity index is 1.68. The van der Waals surface area contributed by atoms with Crippen LogP contribution in [0.3, 0.4) is 0 Å². The Hall–Kier alpha value is -2.14. The van der Waals surface area contributed by atoms with E-state index in [2.05, 4.69) is 27.5 Å². The number of anilines is 1. The van der Waals surface area contributed by atoms with Gasteiger partial charge in [-0.15, -0.1) is 0 Å². The number of aromatic nitrogens is 2. The van der Waals surface area contributed by atoms with Crippen LogP contribution in [0.5, 0.6) is 0 Å². The van der Waals surface area contributed by atoms with Gasteiger partial charge in [0.25, 0.3) is 0 Å². The van der Waals surface area contributed by atoms with E-state index >= 15 is 0 Å². The van der Waals surface area contributed by atoms with E-state index in [0.717, 1.165) is 48.6 Å². The van der Waals surface area contributed by atoms with E-state index < -0.39 is 0 Å². The number of aromatic amines is 1. The minimum Gasteiger partial charge on any atom is -0.323 e. The first-order chi connectivity index (χ1) is 11.1. The van der Waals surface area contributed by atoms with Gasteiger partial charge in [0.05, 0.1) is 11.4 Å². The number of benzene rings is 1. The summed E-state index contributed by atoms with van der Waals surface area (Å²) in [7, 11) is 2.14. The summed E-state index contributed by atoms with van der Waals surface area (Å²) in [6, 6.07) is 9.93. The van der Waals surface area contributed by atoms with Gasteiger partial charge in [-0.25, -0.2) is 0 Å². The minimum absolute atomic E-state index is 0.0845. The lowest BCUT2D eigenvalue weighted by Crippen LogP contribution is -2.32. The van der Waals surface area contributed by atoms with Crippen molar-refractivity contribution < 1.29 is 4.79 Å². The fraction of sp³-hybridized carbons (Fsp3) is 0.444. The number of H-pyrrole nitrogens is 1. The van der Waals surface area contributed by atoms with Crippen molar-refractivity contribution in [2.24, 2.45) is 5.92 Å². The number of nitrogens with one attached hydrogen (secondary N) is 2. The molecule has 1 fully saturated rings. The van der Waals surface area contributed by atoms with Crippen molar-refractivity contribution in [1.29, 1.82) is 0 Å². The molecule has 2 heterocycles. The molecule has 1 aliphatic rings. The number of rotatable bonds is 4. The van der Waals surface area contributed by atoms with Crippen molar-refractivity contribution in [3.8, 4) is 11.3 Å². The Morgan fingerprint density at radius 2 is 2.00 bits per heavy atom. The molecule has 1 saturated heterocycles. The molecule has 2 aromatic rings. The van der Waals surface area contributed by atoms with E-state index in [-0.39, 0.29) is 5.91 Å². The van der Waals surface area contributed by atoms with Gasteiger partial charge in [-0.2, -0.15) is 5.10 Å². The molecule has 0 spiro atoms. The maximum absolute atomic E-state index is 12.4. The number of carbonyl (C=O) groups excluding carboxylic acids is 1. The SMILES string of the molecule is Cc1[nH]nc(-c2ccccc2)c1NC(=O)CC1CCN(C)CC1. The van der Waals surface area contributed by atoms with E-state index in [0.29, 0.717) is 12.3 Å². The Kier molecular flexibility index (Phi) is 4.76. The molecule has 0 atom stereocenters. The van der Waals surface area contributed by atoms with Gasteiger partial charge in [0.2, 0.25) is 5.91 Å². The molecule has 2 N–H and O–H groups in total. The summed E-state index contributed by atoms with van der Waals surface area (Å²) in [5, 5.41) is 10.4. The summed E-state index contributed by atoms with van der Waals surface area (Å²) >= 11 is 0. The van der Waals surface area contributed by atoms with Crippen molar-refractivity contribution in [2.45, 2.75) is 26.2 Å². The Labute approximate surface area is 137 Å². The molecule has 0 unspecified atom stereocenters. The summed E-state index contributed by atoms with van der Waals surface area (Å²) in [5.74, 6) is 0.569. The normalized spacial score (nSPS) is 16.4. The van der Waals surface area contributed by atoms with Gasteiger partial charge >= 0.3 is 0 Å². The Bertz CT molecular complexity index is 657. The lowest BCUT2D eigenvalue weighted by atomic mass is 9.93. The average Bonchev–Trinajstić information content (AvgIpc) is 2.91. The van der Waals surface area contributed by atoms with Gasteiger partial charge in [-0.05, 0) is 45.8 Å². The molecular formula is C18H24N4O. The number of likely N-dealkylation sites (tertiary alicyclic amines) is 1. The Morgan fingerprint density at radius 3 is 2.70 bits per heavy atom. The second kappa shape index (κ2) is 6.96. The Morgan fingerprint density at radius 1 is 1.30 bits per heavy atom. The lowest BCUT2D eigenvalue weighted by Gasteiger charge is -2.28. The number of hydrogen-bond acceptors (Lipinski definition) is 3. The van der Waals surface area contributed by atoms with Crippen LogP contribution in [0.1, 0.15) is 25.0 Å². The summed E-state index contributed by atoms with van der Waals surface area (Å²) < 4.78 is 0. The second-order valence-corrected chi connectivity index (χ2v) is 6.44. The van der Waals surface area contributed by atoms with Crippen LogP contribution in [-0.2, 0) is 4.79 Å². The van der Waals surface area contributed by atoms with Gasteiger partial charge in [0.15, 0.2) is 0 Å². The highest BCUT2D eigenvalue weighted by Crippen LogP contribution is 2.29. The minimum atomic E-state index is 0.0845. The molecule has 0 saturated carbocycles. The zero-order valence-electron chi connectivity index (χ0n) is 13.8. The van der Waals surface area contributed by atoms with Crippen LogP contribution in [0, 0.1) is 12.8 Å². The van der Waals surface area contributed by atoms with Gasteiger partial charge in [0, 0.05) is 12.0 Å². The third kappa shape index (κ3) is 3.79. The summed E-state index contributed by atoms with van der Waals surface area (Å²) in [5.41, 5.74) is 3.50. The molecule has 23 heavy (non-hydrogen) atoms. The molecule has 1 amide bonds. The molecule has 1 aromatic carbocycles. The van der Waals surface area contributed by atoms with Crippen molar-refractivity contribution in [2.75, 3.05) is 25.5 Å². The van der Waals surface area contributed by atoms with E-state index in [4.69, 9.17) is 0 Å². The number of carbonyl (C=O) groups is 1. The first-order valence-electron chi connectivity index (χ1n) is 8.22. The van der Waals surface area contributed by atoms with Crippen molar-refractivity contribution in [3.05, 3.63) is 36.0 Å².